The number of benzene rings is 1. The van der Waals surface area contributed by atoms with Gasteiger partial charge in [-0.25, -0.2) is 10.6 Å². The van der Waals surface area contributed by atoms with Gasteiger partial charge in [0.25, 0.3) is 0 Å². The highest BCUT2D eigenvalue weighted by Gasteiger charge is 2.14. The van der Waals surface area contributed by atoms with Gasteiger partial charge >= 0.3 is 6.09 Å². The summed E-state index contributed by atoms with van der Waals surface area (Å²) in [6.07, 6.45) is -0.609. The molecule has 5 heteroatoms. The summed E-state index contributed by atoms with van der Waals surface area (Å²) < 4.78 is 5.85. The molecule has 0 aliphatic carbocycles. The minimum Gasteiger partial charge on any atom is -0.443 e. The summed E-state index contributed by atoms with van der Waals surface area (Å²) in [5.41, 5.74) is 1.39. The zero-order valence-electron chi connectivity index (χ0n) is 9.66. The van der Waals surface area contributed by atoms with E-state index < -0.39 is 11.7 Å². The smallest absolute Gasteiger partial charge is 0.421 e. The summed E-state index contributed by atoms with van der Waals surface area (Å²) in [6.45, 7) is 5.30. The second-order valence-corrected chi connectivity index (χ2v) is 4.86. The predicted molar refractivity (Wildman–Crippen MR) is 67.7 cm³/mol. The average Bonchev–Trinajstić information content (AvgIpc) is 2.17. The molecule has 1 rings (SSSR count). The number of hydrogen-bond donors (Lipinski definition) is 2. The van der Waals surface area contributed by atoms with Crippen LogP contribution in [0.25, 0.3) is 0 Å². The Morgan fingerprint density at radius 1 is 1.31 bits per heavy atom. The molecule has 0 unspecified atom stereocenters. The molecule has 0 heterocycles. The van der Waals surface area contributed by atoms with Gasteiger partial charge < -0.3 is 4.74 Å². The van der Waals surface area contributed by atoms with Crippen LogP contribution in [-0.4, -0.2) is 11.7 Å². The number of hydrazine groups is 1. The topological polar surface area (TPSA) is 64.3 Å². The van der Waals surface area contributed by atoms with Crippen LogP contribution < -0.4 is 11.3 Å². The van der Waals surface area contributed by atoms with E-state index in [0.29, 0.717) is 0 Å². The highest BCUT2D eigenvalue weighted by Crippen LogP contribution is 2.05. The Bertz CT molecular complexity index is 310. The fourth-order valence-electron chi connectivity index (χ4n) is 0.722. The molecule has 0 atom stereocenters. The summed E-state index contributed by atoms with van der Waals surface area (Å²) >= 11 is 3.31. The summed E-state index contributed by atoms with van der Waals surface area (Å²) in [6, 6.07) is 9.97. The fraction of sp³-hybridized carbons (Fsp3) is 0.364. The van der Waals surface area contributed by atoms with Gasteiger partial charge in [0.2, 0.25) is 0 Å². The molecule has 1 amide bonds. The molecule has 0 aliphatic heterocycles. The van der Waals surface area contributed by atoms with Crippen molar-refractivity contribution in [2.75, 3.05) is 0 Å². The monoisotopic (exact) mass is 288 g/mol. The summed E-state index contributed by atoms with van der Waals surface area (Å²) in [4.78, 5) is 10.4. The molecule has 1 aromatic carbocycles. The van der Waals surface area contributed by atoms with Crippen molar-refractivity contribution in [3.8, 4) is 0 Å². The van der Waals surface area contributed by atoms with Crippen LogP contribution in [0.5, 0.6) is 0 Å². The van der Waals surface area contributed by atoms with Crippen LogP contribution >= 0.6 is 15.9 Å². The van der Waals surface area contributed by atoms with Crippen LogP contribution in [0.3, 0.4) is 0 Å². The quantitative estimate of drug-likeness (QED) is 0.438. The molecule has 4 nitrogen and oxygen atoms in total. The Balaban J connectivity index is 0.000000288. The van der Waals surface area contributed by atoms with Crippen molar-refractivity contribution in [1.82, 2.24) is 5.43 Å². The van der Waals surface area contributed by atoms with Crippen molar-refractivity contribution >= 4 is 22.0 Å². The van der Waals surface area contributed by atoms with Crippen molar-refractivity contribution in [3.05, 3.63) is 34.8 Å². The zero-order valence-corrected chi connectivity index (χ0v) is 11.2. The number of carbonyl (C=O) groups is 1. The molecule has 1 aromatic rings. The first kappa shape index (κ1) is 14.9. The van der Waals surface area contributed by atoms with Crippen molar-refractivity contribution < 1.29 is 9.53 Å². The maximum Gasteiger partial charge on any atom is 0.421 e. The lowest BCUT2D eigenvalue weighted by atomic mass is 10.2. The highest BCUT2D eigenvalue weighted by atomic mass is 79.9. The molecule has 3 N–H and O–H groups in total. The van der Waals surface area contributed by atoms with Crippen LogP contribution in [0.15, 0.2) is 34.8 Å². The largest absolute Gasteiger partial charge is 0.443 e. The molecule has 0 saturated carbocycles. The van der Waals surface area contributed by atoms with E-state index in [1.165, 1.54) is 0 Å². The summed E-state index contributed by atoms with van der Waals surface area (Å²) in [7, 11) is 0. The lowest BCUT2D eigenvalue weighted by Gasteiger charge is -2.18. The third-order valence-electron chi connectivity index (χ3n) is 1.25. The molecule has 16 heavy (non-hydrogen) atoms. The number of rotatable bonds is 0. The molecular formula is C11H17BrN2O2. The van der Waals surface area contributed by atoms with Gasteiger partial charge in [-0.3, -0.25) is 5.43 Å². The van der Waals surface area contributed by atoms with E-state index in [-0.39, 0.29) is 0 Å². The molecule has 0 spiro atoms. The van der Waals surface area contributed by atoms with Gasteiger partial charge in [0.05, 0.1) is 0 Å². The molecule has 0 saturated heterocycles. The van der Waals surface area contributed by atoms with Crippen LogP contribution in [-0.2, 0) is 4.74 Å². The van der Waals surface area contributed by atoms with Crippen molar-refractivity contribution in [2.24, 2.45) is 5.84 Å². The average molecular weight is 289 g/mol. The van der Waals surface area contributed by atoms with Crippen molar-refractivity contribution in [3.63, 3.8) is 0 Å². The van der Waals surface area contributed by atoms with Gasteiger partial charge in [0.1, 0.15) is 5.60 Å². The van der Waals surface area contributed by atoms with E-state index >= 15 is 0 Å². The number of nitrogens with two attached hydrogens (primary N) is 1. The molecular weight excluding hydrogens is 272 g/mol. The number of hydrogen-bond acceptors (Lipinski definition) is 3. The Kier molecular flexibility index (Phi) is 6.76. The second-order valence-electron chi connectivity index (χ2n) is 3.94. The second kappa shape index (κ2) is 7.24. The number of ether oxygens (including phenoxy) is 1. The molecule has 0 bridgehead atoms. The third-order valence-corrected chi connectivity index (χ3v) is 1.78. The normalized spacial score (nSPS) is 9.81. The van der Waals surface area contributed by atoms with Gasteiger partial charge in [-0.15, -0.1) is 0 Å². The van der Waals surface area contributed by atoms with Crippen molar-refractivity contribution in [1.29, 1.82) is 0 Å². The number of amides is 1. The molecule has 0 aromatic heterocycles. The number of halogens is 1. The lowest BCUT2D eigenvalue weighted by Crippen LogP contribution is -2.36. The first-order chi connectivity index (χ1) is 7.35. The standard InChI is InChI=1S/C6H5Br.C5H12N2O2/c7-6-4-2-1-3-5-6;1-5(2,3)9-4(8)7-6/h1-5H;6H2,1-3H3,(H,7,8). The first-order valence-electron chi connectivity index (χ1n) is 4.75. The zero-order chi connectivity index (χ0) is 12.6. The van der Waals surface area contributed by atoms with Crippen molar-refractivity contribution in [2.45, 2.75) is 26.4 Å². The van der Waals surface area contributed by atoms with Crippen LogP contribution in [0.4, 0.5) is 4.79 Å². The maximum absolute atomic E-state index is 10.4. The third kappa shape index (κ3) is 9.48. The fourth-order valence-corrected chi connectivity index (χ4v) is 1.03. The number of nitrogens with one attached hydrogen (secondary N) is 1. The van der Waals surface area contributed by atoms with Gasteiger partial charge in [-0.1, -0.05) is 34.1 Å². The van der Waals surface area contributed by atoms with Crippen LogP contribution in [0, 0.1) is 0 Å². The predicted octanol–water partition coefficient (Wildman–Crippen LogP) is 2.83. The molecule has 0 fully saturated rings. The SMILES string of the molecule is Brc1ccccc1.CC(C)(C)OC(=O)NN. The molecule has 0 radical (unpaired) electrons. The molecule has 90 valence electrons. The minimum atomic E-state index is -0.609. The van der Waals surface area contributed by atoms with E-state index in [1.54, 1.807) is 20.8 Å². The summed E-state index contributed by atoms with van der Waals surface area (Å²) in [5.74, 6) is 4.75. The van der Waals surface area contributed by atoms with Gasteiger partial charge in [0, 0.05) is 4.47 Å². The number of carbonyl (C=O) groups excluding carboxylic acids is 1. The first-order valence-corrected chi connectivity index (χ1v) is 5.54. The van der Waals surface area contributed by atoms with E-state index in [4.69, 9.17) is 10.6 Å². The van der Waals surface area contributed by atoms with E-state index in [1.807, 2.05) is 35.8 Å². The van der Waals surface area contributed by atoms with E-state index in [0.717, 1.165) is 4.47 Å². The van der Waals surface area contributed by atoms with E-state index in [2.05, 4.69) is 15.9 Å². The van der Waals surface area contributed by atoms with Gasteiger partial charge in [-0.2, -0.15) is 0 Å². The van der Waals surface area contributed by atoms with Crippen LogP contribution in [0.2, 0.25) is 0 Å². The summed E-state index contributed by atoms with van der Waals surface area (Å²) in [5, 5.41) is 0. The van der Waals surface area contributed by atoms with Crippen LogP contribution in [0.1, 0.15) is 20.8 Å². The Hall–Kier alpha value is -1.07. The maximum atomic E-state index is 10.4. The molecule has 0 aliphatic rings. The van der Waals surface area contributed by atoms with Gasteiger partial charge in [0.15, 0.2) is 0 Å². The van der Waals surface area contributed by atoms with E-state index in [9.17, 15) is 4.79 Å². The Morgan fingerprint density at radius 2 is 1.81 bits per heavy atom. The lowest BCUT2D eigenvalue weighted by molar-refractivity contribution is 0.0527. The highest BCUT2D eigenvalue weighted by molar-refractivity contribution is 9.10. The van der Waals surface area contributed by atoms with Gasteiger partial charge in [-0.05, 0) is 32.9 Å². The minimum absolute atomic E-state index is 0.469. The Labute approximate surface area is 104 Å². The Morgan fingerprint density at radius 3 is 2.00 bits per heavy atom.